The largest absolute Gasteiger partial charge is 0.497 e. The number of hydrogen-bond acceptors (Lipinski definition) is 3. The number of carbonyl (C=O) groups excluding carboxylic acids is 1. The van der Waals surface area contributed by atoms with E-state index in [0.29, 0.717) is 11.3 Å². The van der Waals surface area contributed by atoms with Crippen LogP contribution in [-0.4, -0.2) is 19.6 Å². The van der Waals surface area contributed by atoms with Crippen LogP contribution in [0.3, 0.4) is 0 Å². The summed E-state index contributed by atoms with van der Waals surface area (Å²) < 4.78 is 5.34. The molecule has 0 saturated carbocycles. The number of ether oxygens (including phenoxy) is 1. The molecule has 4 heteroatoms. The van der Waals surface area contributed by atoms with E-state index >= 15 is 0 Å². The van der Waals surface area contributed by atoms with Crippen molar-refractivity contribution in [3.63, 3.8) is 0 Å². The first-order valence-electron chi connectivity index (χ1n) is 9.07. The van der Waals surface area contributed by atoms with E-state index in [1.54, 1.807) is 13.2 Å². The first-order chi connectivity index (χ1) is 13.1. The van der Waals surface area contributed by atoms with Gasteiger partial charge in [-0.15, -0.1) is 0 Å². The molecule has 3 aromatic rings. The summed E-state index contributed by atoms with van der Waals surface area (Å²) in [5.74, 6) is 0.518. The maximum atomic E-state index is 13.1. The number of carbonyl (C=O) groups is 1. The Bertz CT molecular complexity index is 994. The molecule has 0 radical (unpaired) electrons. The Hall–Kier alpha value is -3.27. The van der Waals surface area contributed by atoms with Crippen LogP contribution >= 0.6 is 0 Å². The minimum atomic E-state index is -0.143. The highest BCUT2D eigenvalue weighted by molar-refractivity contribution is 6.09. The lowest BCUT2D eigenvalue weighted by atomic mass is 9.98. The number of benzene rings is 3. The van der Waals surface area contributed by atoms with Crippen molar-refractivity contribution in [3.05, 3.63) is 77.4 Å². The lowest BCUT2D eigenvalue weighted by molar-refractivity contribution is 0.102. The zero-order valence-corrected chi connectivity index (χ0v) is 15.5. The van der Waals surface area contributed by atoms with Gasteiger partial charge in [0.25, 0.3) is 5.91 Å². The van der Waals surface area contributed by atoms with E-state index in [2.05, 4.69) is 22.8 Å². The Morgan fingerprint density at radius 2 is 1.85 bits per heavy atom. The van der Waals surface area contributed by atoms with Crippen LogP contribution in [0.5, 0.6) is 5.75 Å². The number of fused-ring (bicyclic) bond motifs is 1. The van der Waals surface area contributed by atoms with E-state index in [4.69, 9.17) is 4.74 Å². The third kappa shape index (κ3) is 3.51. The molecule has 1 heterocycles. The second-order valence-electron chi connectivity index (χ2n) is 6.78. The molecule has 0 aliphatic carbocycles. The molecule has 1 amide bonds. The topological polar surface area (TPSA) is 50.4 Å². The van der Waals surface area contributed by atoms with Gasteiger partial charge in [0.05, 0.1) is 12.7 Å². The van der Waals surface area contributed by atoms with Gasteiger partial charge < -0.3 is 15.4 Å². The highest BCUT2D eigenvalue weighted by Gasteiger charge is 2.16. The monoisotopic (exact) mass is 358 g/mol. The molecule has 0 aromatic heterocycles. The number of amides is 1. The normalized spacial score (nSPS) is 12.2. The van der Waals surface area contributed by atoms with Gasteiger partial charge in [-0.1, -0.05) is 29.8 Å². The molecule has 0 spiro atoms. The van der Waals surface area contributed by atoms with E-state index in [1.807, 2.05) is 49.4 Å². The smallest absolute Gasteiger partial charge is 0.256 e. The van der Waals surface area contributed by atoms with Crippen molar-refractivity contribution in [2.24, 2.45) is 0 Å². The first-order valence-corrected chi connectivity index (χ1v) is 9.07. The molecular weight excluding hydrogens is 336 g/mol. The predicted molar refractivity (Wildman–Crippen MR) is 110 cm³/mol. The standard InChI is InChI=1S/C23H22N2O2/c1-15-3-5-16(6-4-15)20-9-8-19(27-2)14-21(20)23(26)25-18-7-10-22-17(13-18)11-12-24-22/h3-10,13-14,24H,11-12H2,1-2H3,(H,25,26). The molecule has 0 fully saturated rings. The van der Waals surface area contributed by atoms with E-state index in [1.165, 1.54) is 11.1 Å². The summed E-state index contributed by atoms with van der Waals surface area (Å²) in [4.78, 5) is 13.1. The van der Waals surface area contributed by atoms with Gasteiger partial charge in [0.15, 0.2) is 0 Å². The molecule has 136 valence electrons. The van der Waals surface area contributed by atoms with E-state index < -0.39 is 0 Å². The van der Waals surface area contributed by atoms with Gasteiger partial charge in [-0.2, -0.15) is 0 Å². The van der Waals surface area contributed by atoms with E-state index in [0.717, 1.165) is 35.5 Å². The SMILES string of the molecule is COc1ccc(-c2ccc(C)cc2)c(C(=O)Nc2ccc3c(c2)CCN3)c1. The minimum absolute atomic E-state index is 0.143. The number of aryl methyl sites for hydroxylation is 1. The summed E-state index contributed by atoms with van der Waals surface area (Å²) in [6, 6.07) is 19.8. The lowest BCUT2D eigenvalue weighted by Gasteiger charge is -2.13. The molecule has 4 rings (SSSR count). The van der Waals surface area contributed by atoms with Crippen molar-refractivity contribution in [1.82, 2.24) is 0 Å². The zero-order valence-electron chi connectivity index (χ0n) is 15.5. The predicted octanol–water partition coefficient (Wildman–Crippen LogP) is 4.89. The second-order valence-corrected chi connectivity index (χ2v) is 6.78. The van der Waals surface area contributed by atoms with E-state index in [-0.39, 0.29) is 5.91 Å². The quantitative estimate of drug-likeness (QED) is 0.698. The fourth-order valence-corrected chi connectivity index (χ4v) is 3.40. The summed E-state index contributed by atoms with van der Waals surface area (Å²) in [6.07, 6.45) is 0.979. The maximum absolute atomic E-state index is 13.1. The number of hydrogen-bond donors (Lipinski definition) is 2. The van der Waals surface area contributed by atoms with Gasteiger partial charge in [0.2, 0.25) is 0 Å². The molecule has 27 heavy (non-hydrogen) atoms. The second kappa shape index (κ2) is 7.16. The first kappa shape index (κ1) is 17.2. The fraction of sp³-hybridized carbons (Fsp3) is 0.174. The van der Waals surface area contributed by atoms with Crippen molar-refractivity contribution >= 4 is 17.3 Å². The van der Waals surface area contributed by atoms with Crippen molar-refractivity contribution in [2.75, 3.05) is 24.3 Å². The van der Waals surface area contributed by atoms with Gasteiger partial charge in [-0.3, -0.25) is 4.79 Å². The Labute approximate surface area is 159 Å². The fourth-order valence-electron chi connectivity index (χ4n) is 3.40. The van der Waals surface area contributed by atoms with Gasteiger partial charge in [0, 0.05) is 17.9 Å². The summed E-state index contributed by atoms with van der Waals surface area (Å²) in [5.41, 5.74) is 6.86. The number of methoxy groups -OCH3 is 1. The van der Waals surface area contributed by atoms with Crippen LogP contribution in [0.15, 0.2) is 60.7 Å². The highest BCUT2D eigenvalue weighted by Crippen LogP contribution is 2.30. The van der Waals surface area contributed by atoms with Gasteiger partial charge >= 0.3 is 0 Å². The average molecular weight is 358 g/mol. The van der Waals surface area contributed by atoms with Crippen molar-refractivity contribution in [2.45, 2.75) is 13.3 Å². The van der Waals surface area contributed by atoms with Gasteiger partial charge in [-0.05, 0) is 66.4 Å². The van der Waals surface area contributed by atoms with Crippen LogP contribution in [-0.2, 0) is 6.42 Å². The molecule has 0 atom stereocenters. The Morgan fingerprint density at radius 3 is 2.63 bits per heavy atom. The molecule has 1 aliphatic heterocycles. The summed E-state index contributed by atoms with van der Waals surface area (Å²) in [7, 11) is 1.61. The number of rotatable bonds is 4. The van der Waals surface area contributed by atoms with Crippen LogP contribution in [0, 0.1) is 6.92 Å². The molecule has 0 bridgehead atoms. The molecule has 4 nitrogen and oxygen atoms in total. The van der Waals surface area contributed by atoms with Crippen molar-refractivity contribution < 1.29 is 9.53 Å². The molecule has 1 aliphatic rings. The maximum Gasteiger partial charge on any atom is 0.256 e. The molecular formula is C23H22N2O2. The van der Waals surface area contributed by atoms with Crippen molar-refractivity contribution in [1.29, 1.82) is 0 Å². The minimum Gasteiger partial charge on any atom is -0.497 e. The Kier molecular flexibility index (Phi) is 4.55. The zero-order chi connectivity index (χ0) is 18.8. The molecule has 0 unspecified atom stereocenters. The molecule has 3 aromatic carbocycles. The Morgan fingerprint density at radius 1 is 1.04 bits per heavy atom. The third-order valence-corrected chi connectivity index (χ3v) is 4.91. The van der Waals surface area contributed by atoms with Crippen LogP contribution < -0.4 is 15.4 Å². The lowest BCUT2D eigenvalue weighted by Crippen LogP contribution is -2.13. The average Bonchev–Trinajstić information content (AvgIpc) is 3.16. The number of nitrogens with one attached hydrogen (secondary N) is 2. The van der Waals surface area contributed by atoms with Crippen LogP contribution in [0.4, 0.5) is 11.4 Å². The van der Waals surface area contributed by atoms with Gasteiger partial charge in [0.1, 0.15) is 5.75 Å². The summed E-state index contributed by atoms with van der Waals surface area (Å²) in [5, 5.41) is 6.37. The van der Waals surface area contributed by atoms with Crippen LogP contribution in [0.1, 0.15) is 21.5 Å². The summed E-state index contributed by atoms with van der Waals surface area (Å²) in [6.45, 7) is 2.99. The molecule has 0 saturated heterocycles. The Balaban J connectivity index is 1.68. The van der Waals surface area contributed by atoms with Crippen LogP contribution in [0.25, 0.3) is 11.1 Å². The number of anilines is 2. The van der Waals surface area contributed by atoms with Crippen molar-refractivity contribution in [3.8, 4) is 16.9 Å². The third-order valence-electron chi connectivity index (χ3n) is 4.91. The van der Waals surface area contributed by atoms with Crippen LogP contribution in [0.2, 0.25) is 0 Å². The molecule has 2 N–H and O–H groups in total. The summed E-state index contributed by atoms with van der Waals surface area (Å²) >= 11 is 0. The van der Waals surface area contributed by atoms with E-state index in [9.17, 15) is 4.79 Å². The highest BCUT2D eigenvalue weighted by atomic mass is 16.5. The van der Waals surface area contributed by atoms with Gasteiger partial charge in [-0.25, -0.2) is 0 Å².